The summed E-state index contributed by atoms with van der Waals surface area (Å²) in [6.07, 6.45) is 0. The lowest BCUT2D eigenvalue weighted by atomic mass is 9.89. The Bertz CT molecular complexity index is 308. The van der Waals surface area contributed by atoms with E-state index in [0.29, 0.717) is 0 Å². The average Bonchev–Trinajstić information content (AvgIpc) is 1.97. The van der Waals surface area contributed by atoms with Crippen LogP contribution >= 0.6 is 0 Å². The first kappa shape index (κ1) is 10.2. The van der Waals surface area contributed by atoms with E-state index in [2.05, 4.69) is 0 Å². The molecule has 0 aliphatic carbocycles. The van der Waals surface area contributed by atoms with Crippen LogP contribution in [0.4, 0.5) is 8.78 Å². The van der Waals surface area contributed by atoms with Crippen molar-refractivity contribution in [1.29, 1.82) is 0 Å². The highest BCUT2D eigenvalue weighted by Gasteiger charge is 2.19. The largest absolute Gasteiger partial charge is 0.386 e. The van der Waals surface area contributed by atoms with Gasteiger partial charge in [-0.25, -0.2) is 8.78 Å². The summed E-state index contributed by atoms with van der Waals surface area (Å²) in [5.74, 6) is -1.26. The first-order valence-corrected chi connectivity index (χ1v) is 4.01. The van der Waals surface area contributed by atoms with Gasteiger partial charge < -0.3 is 5.11 Å². The fourth-order valence-corrected chi connectivity index (χ4v) is 0.999. The third-order valence-electron chi connectivity index (χ3n) is 1.99. The lowest BCUT2D eigenvalue weighted by Gasteiger charge is -2.18. The number of hydrogen-bond donors (Lipinski definition) is 1. The number of benzene rings is 1. The van der Waals surface area contributed by atoms with Crippen molar-refractivity contribution in [2.75, 3.05) is 0 Å². The summed E-state index contributed by atoms with van der Waals surface area (Å²) in [5, 5.41) is 9.50. The van der Waals surface area contributed by atoms with Crippen LogP contribution in [0, 0.1) is 11.6 Å². The molecule has 0 aliphatic heterocycles. The van der Waals surface area contributed by atoms with Crippen molar-refractivity contribution < 1.29 is 13.9 Å². The van der Waals surface area contributed by atoms with E-state index in [9.17, 15) is 13.9 Å². The molecule has 0 heterocycles. The van der Waals surface area contributed by atoms with Crippen LogP contribution in [-0.2, 0) is 5.60 Å². The Hall–Kier alpha value is -0.895. The van der Waals surface area contributed by atoms with Gasteiger partial charge in [0.2, 0.25) is 0 Å². The Morgan fingerprint density at radius 1 is 1.23 bits per heavy atom. The van der Waals surface area contributed by atoms with E-state index in [1.807, 2.05) is 0 Å². The second-order valence-corrected chi connectivity index (χ2v) is 3.62. The SMILES string of the molecule is Bc1c(F)cc(C(C)(C)O)cc1F. The molecular formula is C9H11BF2O. The maximum atomic E-state index is 13.0. The molecule has 1 aromatic carbocycles. The minimum absolute atomic E-state index is 0.0204. The predicted molar refractivity (Wildman–Crippen MR) is 49.8 cm³/mol. The smallest absolute Gasteiger partial charge is 0.147 e. The fourth-order valence-electron chi connectivity index (χ4n) is 0.999. The van der Waals surface area contributed by atoms with Gasteiger partial charge in [0, 0.05) is 0 Å². The van der Waals surface area contributed by atoms with Crippen molar-refractivity contribution >= 4 is 13.3 Å². The van der Waals surface area contributed by atoms with Crippen LogP contribution in [0.5, 0.6) is 0 Å². The Morgan fingerprint density at radius 3 is 1.92 bits per heavy atom. The summed E-state index contributed by atoms with van der Waals surface area (Å²) in [5.41, 5.74) is -0.990. The molecule has 1 nitrogen and oxygen atoms in total. The minimum Gasteiger partial charge on any atom is -0.386 e. The van der Waals surface area contributed by atoms with Gasteiger partial charge in [0.1, 0.15) is 19.5 Å². The van der Waals surface area contributed by atoms with E-state index in [1.54, 1.807) is 0 Å². The number of halogens is 2. The molecule has 0 aliphatic rings. The van der Waals surface area contributed by atoms with Gasteiger partial charge in [-0.15, -0.1) is 0 Å². The minimum atomic E-state index is -1.21. The Balaban J connectivity index is 3.29. The van der Waals surface area contributed by atoms with Gasteiger partial charge in [-0.3, -0.25) is 0 Å². The monoisotopic (exact) mass is 184 g/mol. The molecule has 0 amide bonds. The quantitative estimate of drug-likeness (QED) is 0.628. The normalized spacial score (nSPS) is 11.8. The first-order valence-electron chi connectivity index (χ1n) is 4.01. The molecule has 1 rings (SSSR count). The maximum Gasteiger partial charge on any atom is 0.147 e. The number of hydrogen-bond acceptors (Lipinski definition) is 1. The van der Waals surface area contributed by atoms with Crippen LogP contribution in [-0.4, -0.2) is 13.0 Å². The van der Waals surface area contributed by atoms with Crippen LogP contribution < -0.4 is 5.46 Å². The molecule has 1 aromatic rings. The van der Waals surface area contributed by atoms with E-state index < -0.39 is 17.2 Å². The molecule has 70 valence electrons. The van der Waals surface area contributed by atoms with E-state index in [1.165, 1.54) is 21.7 Å². The molecule has 0 fully saturated rings. The molecule has 0 saturated heterocycles. The second kappa shape index (κ2) is 3.11. The molecule has 0 radical (unpaired) electrons. The zero-order chi connectivity index (χ0) is 10.2. The fraction of sp³-hybridized carbons (Fsp3) is 0.333. The summed E-state index contributed by atoms with van der Waals surface area (Å²) in [7, 11) is 1.36. The molecule has 0 spiro atoms. The maximum absolute atomic E-state index is 13.0. The predicted octanol–water partition coefficient (Wildman–Crippen LogP) is 0.451. The number of rotatable bonds is 1. The van der Waals surface area contributed by atoms with Crippen LogP contribution in [0.15, 0.2) is 12.1 Å². The summed E-state index contributed by atoms with van der Waals surface area (Å²) in [6, 6.07) is 2.30. The lowest BCUT2D eigenvalue weighted by Crippen LogP contribution is -2.21. The molecule has 0 unspecified atom stereocenters. The van der Waals surface area contributed by atoms with E-state index in [-0.39, 0.29) is 11.0 Å². The van der Waals surface area contributed by atoms with Crippen molar-refractivity contribution in [2.24, 2.45) is 0 Å². The molecule has 0 atom stereocenters. The van der Waals surface area contributed by atoms with Crippen molar-refractivity contribution in [3.8, 4) is 0 Å². The van der Waals surface area contributed by atoms with Gasteiger partial charge in [0.25, 0.3) is 0 Å². The summed E-state index contributed by atoms with van der Waals surface area (Å²) < 4.78 is 26.0. The molecule has 0 saturated carbocycles. The lowest BCUT2D eigenvalue weighted by molar-refractivity contribution is 0.0779. The standard InChI is InChI=1S/C9H11BF2O/c1-9(2,13)5-3-6(11)8(10)7(12)4-5/h3-4,13H,10H2,1-2H3. The van der Waals surface area contributed by atoms with Crippen LogP contribution in [0.1, 0.15) is 19.4 Å². The molecule has 0 bridgehead atoms. The molecule has 13 heavy (non-hydrogen) atoms. The number of aliphatic hydroxyl groups is 1. The van der Waals surface area contributed by atoms with Gasteiger partial charge in [-0.2, -0.15) is 0 Å². The zero-order valence-electron chi connectivity index (χ0n) is 7.86. The third-order valence-corrected chi connectivity index (χ3v) is 1.99. The highest BCUT2D eigenvalue weighted by molar-refractivity contribution is 6.32. The van der Waals surface area contributed by atoms with Crippen LogP contribution in [0.25, 0.3) is 0 Å². The van der Waals surface area contributed by atoms with E-state index in [0.717, 1.165) is 12.1 Å². The van der Waals surface area contributed by atoms with Crippen molar-refractivity contribution in [2.45, 2.75) is 19.4 Å². The summed E-state index contributed by atoms with van der Waals surface area (Å²) in [6.45, 7) is 2.97. The van der Waals surface area contributed by atoms with Crippen molar-refractivity contribution in [1.82, 2.24) is 0 Å². The van der Waals surface area contributed by atoms with Gasteiger partial charge in [0.05, 0.1) is 5.60 Å². The van der Waals surface area contributed by atoms with Crippen molar-refractivity contribution in [3.63, 3.8) is 0 Å². The Labute approximate surface area is 76.8 Å². The average molecular weight is 184 g/mol. The second-order valence-electron chi connectivity index (χ2n) is 3.62. The van der Waals surface area contributed by atoms with Crippen LogP contribution in [0.3, 0.4) is 0 Å². The highest BCUT2D eigenvalue weighted by Crippen LogP contribution is 2.20. The molecular weight excluding hydrogens is 173 g/mol. The third kappa shape index (κ3) is 2.07. The van der Waals surface area contributed by atoms with Crippen LogP contribution in [0.2, 0.25) is 0 Å². The van der Waals surface area contributed by atoms with Gasteiger partial charge in [-0.1, -0.05) is 0 Å². The Morgan fingerprint density at radius 2 is 1.62 bits per heavy atom. The first-order chi connectivity index (χ1) is 5.82. The van der Waals surface area contributed by atoms with Gasteiger partial charge >= 0.3 is 0 Å². The molecule has 0 aromatic heterocycles. The van der Waals surface area contributed by atoms with Gasteiger partial charge in [-0.05, 0) is 37.0 Å². The Kier molecular flexibility index (Phi) is 2.43. The highest BCUT2D eigenvalue weighted by atomic mass is 19.1. The zero-order valence-corrected chi connectivity index (χ0v) is 7.86. The molecule has 1 N–H and O–H groups in total. The summed E-state index contributed by atoms with van der Waals surface area (Å²) in [4.78, 5) is 0. The van der Waals surface area contributed by atoms with Gasteiger partial charge in [0.15, 0.2) is 0 Å². The van der Waals surface area contributed by atoms with E-state index >= 15 is 0 Å². The summed E-state index contributed by atoms with van der Waals surface area (Å²) >= 11 is 0. The van der Waals surface area contributed by atoms with Crippen molar-refractivity contribution in [3.05, 3.63) is 29.3 Å². The topological polar surface area (TPSA) is 20.2 Å². The molecule has 4 heteroatoms. The van der Waals surface area contributed by atoms with E-state index in [4.69, 9.17) is 0 Å².